The molecule has 0 saturated heterocycles. The van der Waals surface area contributed by atoms with Gasteiger partial charge in [-0.1, -0.05) is 0 Å². The summed E-state index contributed by atoms with van der Waals surface area (Å²) in [5.41, 5.74) is 0.440. The fourth-order valence-corrected chi connectivity index (χ4v) is 2.48. The number of carbonyl (C=O) groups excluding carboxylic acids is 3. The van der Waals surface area contributed by atoms with E-state index >= 15 is 0 Å². The average Bonchev–Trinajstić information content (AvgIpc) is 2.64. The maximum Gasteiger partial charge on any atom is 0.254 e. The predicted molar refractivity (Wildman–Crippen MR) is 84.3 cm³/mol. The lowest BCUT2D eigenvalue weighted by Crippen LogP contribution is -2.51. The zero-order valence-electron chi connectivity index (χ0n) is 13.4. The van der Waals surface area contributed by atoms with E-state index in [4.69, 9.17) is 4.74 Å². The molecule has 2 rings (SSSR count). The summed E-state index contributed by atoms with van der Waals surface area (Å²) in [4.78, 5) is 43.6. The van der Waals surface area contributed by atoms with Gasteiger partial charge < -0.3 is 15.0 Å². The van der Waals surface area contributed by atoms with E-state index in [0.29, 0.717) is 11.5 Å². The third-order valence-electron chi connectivity index (χ3n) is 3.54. The first-order chi connectivity index (χ1) is 11.0. The second-order valence-corrected chi connectivity index (χ2v) is 5.25. The van der Waals surface area contributed by atoms with Crippen molar-refractivity contribution in [2.75, 3.05) is 43.7 Å². The highest BCUT2D eigenvalue weighted by atomic mass is 16.5. The topological polar surface area (TPSA) is 91.8 Å². The van der Waals surface area contributed by atoms with E-state index in [-0.39, 0.29) is 37.3 Å². The monoisotopic (exact) mass is 320 g/mol. The number of pyridine rings is 1. The van der Waals surface area contributed by atoms with Crippen molar-refractivity contribution < 1.29 is 19.1 Å². The third kappa shape index (κ3) is 3.54. The van der Waals surface area contributed by atoms with E-state index in [1.54, 1.807) is 25.4 Å². The fourth-order valence-electron chi connectivity index (χ4n) is 2.48. The minimum absolute atomic E-state index is 0.0674. The van der Waals surface area contributed by atoms with Gasteiger partial charge in [0.15, 0.2) is 5.82 Å². The third-order valence-corrected chi connectivity index (χ3v) is 3.54. The SMILES string of the molecule is CNC1CN(C(=O)COC)c2ncccc2N(CC(C)=O)C1=O. The Labute approximate surface area is 134 Å². The van der Waals surface area contributed by atoms with Gasteiger partial charge in [-0.05, 0) is 26.1 Å². The number of methoxy groups -OCH3 is 1. The van der Waals surface area contributed by atoms with Crippen molar-refractivity contribution >= 4 is 29.1 Å². The van der Waals surface area contributed by atoms with Crippen LogP contribution >= 0.6 is 0 Å². The van der Waals surface area contributed by atoms with Crippen LogP contribution in [0.25, 0.3) is 0 Å². The number of hydrogen-bond acceptors (Lipinski definition) is 6. The summed E-state index contributed by atoms with van der Waals surface area (Å²) in [6.45, 7) is 1.35. The average molecular weight is 320 g/mol. The number of anilines is 2. The minimum Gasteiger partial charge on any atom is -0.375 e. The van der Waals surface area contributed by atoms with Gasteiger partial charge in [0.05, 0.1) is 18.8 Å². The molecule has 0 spiro atoms. The van der Waals surface area contributed by atoms with E-state index in [1.165, 1.54) is 23.8 Å². The number of aromatic nitrogens is 1. The standard InChI is InChI=1S/C15H20N4O4/c1-10(20)7-18-12-5-4-6-17-14(12)19(13(21)9-23-3)8-11(16-2)15(18)22/h4-6,11,16H,7-9H2,1-3H3. The number of fused-ring (bicyclic) bond motifs is 1. The minimum atomic E-state index is -0.635. The maximum atomic E-state index is 12.7. The maximum absolute atomic E-state index is 12.7. The second kappa shape index (κ2) is 7.30. The van der Waals surface area contributed by atoms with Crippen LogP contribution in [0.2, 0.25) is 0 Å². The van der Waals surface area contributed by atoms with Crippen molar-refractivity contribution in [3.05, 3.63) is 18.3 Å². The Morgan fingerprint density at radius 1 is 1.48 bits per heavy atom. The lowest BCUT2D eigenvalue weighted by atomic mass is 10.2. The Bertz CT molecular complexity index is 619. The van der Waals surface area contributed by atoms with E-state index in [9.17, 15) is 14.4 Å². The molecule has 2 amide bonds. The molecule has 0 radical (unpaired) electrons. The van der Waals surface area contributed by atoms with Crippen LogP contribution in [0.15, 0.2) is 18.3 Å². The van der Waals surface area contributed by atoms with Crippen molar-refractivity contribution in [2.24, 2.45) is 0 Å². The fraction of sp³-hybridized carbons (Fsp3) is 0.467. The van der Waals surface area contributed by atoms with Gasteiger partial charge in [-0.3, -0.25) is 19.3 Å². The highest BCUT2D eigenvalue weighted by Crippen LogP contribution is 2.30. The second-order valence-electron chi connectivity index (χ2n) is 5.25. The van der Waals surface area contributed by atoms with Crippen LogP contribution in [0.1, 0.15) is 6.92 Å². The number of Topliss-reactive ketones (excluding diaryl/α,β-unsaturated/α-hetero) is 1. The molecular weight excluding hydrogens is 300 g/mol. The molecule has 0 aliphatic carbocycles. The molecule has 0 bridgehead atoms. The lowest BCUT2D eigenvalue weighted by Gasteiger charge is -2.23. The Morgan fingerprint density at radius 3 is 2.83 bits per heavy atom. The summed E-state index contributed by atoms with van der Waals surface area (Å²) in [7, 11) is 3.06. The highest BCUT2D eigenvalue weighted by Gasteiger charge is 2.36. The summed E-state index contributed by atoms with van der Waals surface area (Å²) in [5, 5.41) is 2.89. The number of nitrogens with one attached hydrogen (secondary N) is 1. The van der Waals surface area contributed by atoms with Crippen LogP contribution in [0.4, 0.5) is 11.5 Å². The quantitative estimate of drug-likeness (QED) is 0.792. The van der Waals surface area contributed by atoms with E-state index in [0.717, 1.165) is 0 Å². The molecule has 8 nitrogen and oxygen atoms in total. The molecule has 8 heteroatoms. The largest absolute Gasteiger partial charge is 0.375 e. The van der Waals surface area contributed by atoms with Gasteiger partial charge in [-0.15, -0.1) is 0 Å². The molecule has 2 heterocycles. The molecule has 1 unspecified atom stereocenters. The van der Waals surface area contributed by atoms with Crippen LogP contribution in [0.3, 0.4) is 0 Å². The van der Waals surface area contributed by atoms with Gasteiger partial charge in [-0.25, -0.2) is 4.98 Å². The molecule has 23 heavy (non-hydrogen) atoms. The summed E-state index contributed by atoms with van der Waals surface area (Å²) < 4.78 is 4.91. The normalized spacial score (nSPS) is 17.7. The Morgan fingerprint density at radius 2 is 2.22 bits per heavy atom. The van der Waals surface area contributed by atoms with Gasteiger partial charge in [0.2, 0.25) is 5.91 Å². The summed E-state index contributed by atoms with van der Waals surface area (Å²) in [6.07, 6.45) is 1.54. The number of amides is 2. The molecule has 0 saturated carbocycles. The molecule has 1 aliphatic rings. The predicted octanol–water partition coefficient (Wildman–Crippen LogP) is -0.415. The lowest BCUT2D eigenvalue weighted by molar-refractivity contribution is -0.123. The van der Waals surface area contributed by atoms with Gasteiger partial charge in [0, 0.05) is 13.3 Å². The van der Waals surface area contributed by atoms with Crippen LogP contribution in [0.5, 0.6) is 0 Å². The van der Waals surface area contributed by atoms with Crippen molar-refractivity contribution in [2.45, 2.75) is 13.0 Å². The number of ether oxygens (including phenoxy) is 1. The molecule has 0 fully saturated rings. The van der Waals surface area contributed by atoms with E-state index in [1.807, 2.05) is 0 Å². The van der Waals surface area contributed by atoms with Crippen molar-refractivity contribution in [3.8, 4) is 0 Å². The zero-order valence-corrected chi connectivity index (χ0v) is 13.4. The van der Waals surface area contributed by atoms with Crippen LogP contribution < -0.4 is 15.1 Å². The number of nitrogens with zero attached hydrogens (tertiary/aromatic N) is 3. The number of rotatable bonds is 5. The van der Waals surface area contributed by atoms with Crippen LogP contribution in [0, 0.1) is 0 Å². The molecular formula is C15H20N4O4. The Balaban J connectivity index is 2.53. The van der Waals surface area contributed by atoms with Crippen molar-refractivity contribution in [3.63, 3.8) is 0 Å². The van der Waals surface area contributed by atoms with Crippen LogP contribution in [-0.2, 0) is 19.1 Å². The molecule has 1 aromatic heterocycles. The molecule has 124 valence electrons. The van der Waals surface area contributed by atoms with E-state index in [2.05, 4.69) is 10.3 Å². The number of ketones is 1. The van der Waals surface area contributed by atoms with Crippen molar-refractivity contribution in [1.29, 1.82) is 0 Å². The molecule has 1 aromatic rings. The molecule has 1 aliphatic heterocycles. The summed E-state index contributed by atoms with van der Waals surface area (Å²) in [6, 6.07) is 2.70. The number of likely N-dealkylation sites (N-methyl/N-ethyl adjacent to an activating group) is 1. The first-order valence-corrected chi connectivity index (χ1v) is 7.22. The molecule has 1 N–H and O–H groups in total. The Kier molecular flexibility index (Phi) is 5.41. The van der Waals surface area contributed by atoms with Crippen molar-refractivity contribution in [1.82, 2.24) is 10.3 Å². The number of hydrogen-bond donors (Lipinski definition) is 1. The molecule has 0 aromatic carbocycles. The van der Waals surface area contributed by atoms with Gasteiger partial charge in [-0.2, -0.15) is 0 Å². The van der Waals surface area contributed by atoms with Gasteiger partial charge >= 0.3 is 0 Å². The van der Waals surface area contributed by atoms with Gasteiger partial charge in [0.25, 0.3) is 5.91 Å². The van der Waals surface area contributed by atoms with Gasteiger partial charge in [0.1, 0.15) is 18.4 Å². The number of carbonyl (C=O) groups is 3. The molecule has 1 atom stereocenters. The summed E-state index contributed by atoms with van der Waals surface area (Å²) in [5.74, 6) is -0.378. The zero-order chi connectivity index (χ0) is 17.0. The summed E-state index contributed by atoms with van der Waals surface area (Å²) >= 11 is 0. The Hall–Kier alpha value is -2.32. The highest BCUT2D eigenvalue weighted by molar-refractivity contribution is 6.08. The van der Waals surface area contributed by atoms with E-state index < -0.39 is 6.04 Å². The first kappa shape index (κ1) is 17.0. The smallest absolute Gasteiger partial charge is 0.254 e. The first-order valence-electron chi connectivity index (χ1n) is 7.22. The van der Waals surface area contributed by atoms with Crippen LogP contribution in [-0.4, -0.2) is 62.5 Å².